The van der Waals surface area contributed by atoms with E-state index in [1.807, 2.05) is 6.92 Å². The van der Waals surface area contributed by atoms with Crippen LogP contribution >= 0.6 is 0 Å². The lowest BCUT2D eigenvalue weighted by Crippen LogP contribution is -2.18. The molecule has 0 fully saturated rings. The third-order valence-corrected chi connectivity index (χ3v) is 3.22. The first-order chi connectivity index (χ1) is 9.52. The molecule has 20 heavy (non-hydrogen) atoms. The van der Waals surface area contributed by atoms with Crippen molar-refractivity contribution in [3.63, 3.8) is 0 Å². The minimum absolute atomic E-state index is 0.220. The monoisotopic (exact) mass is 276 g/mol. The fourth-order valence-corrected chi connectivity index (χ4v) is 2.16. The highest BCUT2D eigenvalue weighted by Gasteiger charge is 2.14. The van der Waals surface area contributed by atoms with Crippen molar-refractivity contribution in [3.05, 3.63) is 59.7 Å². The number of nitrogens with zero attached hydrogens (tertiary/aromatic N) is 1. The van der Waals surface area contributed by atoms with Crippen LogP contribution in [0.5, 0.6) is 0 Å². The van der Waals surface area contributed by atoms with Gasteiger partial charge in [-0.1, -0.05) is 12.1 Å². The normalized spacial score (nSPS) is 12.2. The molecule has 0 saturated carbocycles. The van der Waals surface area contributed by atoms with Crippen molar-refractivity contribution < 1.29 is 8.78 Å². The molecule has 0 aliphatic heterocycles. The molecular weight excluding hydrogens is 258 g/mol. The lowest BCUT2D eigenvalue weighted by atomic mass is 10.1. The largest absolute Gasteiger partial charge is 0.339 e. The van der Waals surface area contributed by atoms with Gasteiger partial charge in [-0.05, 0) is 49.7 Å². The first-order valence-corrected chi connectivity index (χ1v) is 6.61. The molecule has 2 aromatic carbocycles. The summed E-state index contributed by atoms with van der Waals surface area (Å²) in [5.41, 5.74) is 7.52. The first-order valence-electron chi connectivity index (χ1n) is 6.61. The van der Waals surface area contributed by atoms with Gasteiger partial charge in [0, 0.05) is 18.3 Å². The predicted molar refractivity (Wildman–Crippen MR) is 78.1 cm³/mol. The Morgan fingerprint density at radius 3 is 2.45 bits per heavy atom. The predicted octanol–water partition coefficient (Wildman–Crippen LogP) is 4.14. The van der Waals surface area contributed by atoms with Crippen LogP contribution in [0.2, 0.25) is 0 Å². The third-order valence-electron chi connectivity index (χ3n) is 3.22. The van der Waals surface area contributed by atoms with Gasteiger partial charge >= 0.3 is 0 Å². The molecule has 2 nitrogen and oxygen atoms in total. The molecule has 0 heterocycles. The van der Waals surface area contributed by atoms with Crippen molar-refractivity contribution in [1.29, 1.82) is 0 Å². The van der Waals surface area contributed by atoms with Crippen LogP contribution in [0.4, 0.5) is 20.2 Å². The lowest BCUT2D eigenvalue weighted by Gasteiger charge is -2.24. The van der Waals surface area contributed by atoms with Crippen LogP contribution in [0.3, 0.4) is 0 Å². The van der Waals surface area contributed by atoms with E-state index in [2.05, 4.69) is 0 Å². The number of anilines is 2. The van der Waals surface area contributed by atoms with Crippen molar-refractivity contribution in [2.45, 2.75) is 19.9 Å². The molecular formula is C16H18F2N2. The van der Waals surface area contributed by atoms with E-state index in [0.29, 0.717) is 17.9 Å². The average molecular weight is 276 g/mol. The number of hydrogen-bond donors (Lipinski definition) is 1. The van der Waals surface area contributed by atoms with Gasteiger partial charge in [-0.25, -0.2) is 8.78 Å². The van der Waals surface area contributed by atoms with E-state index in [1.165, 1.54) is 18.2 Å². The third kappa shape index (κ3) is 2.96. The standard InChI is InChI=1S/C16H18F2N2/c1-3-20(14-6-4-5-13(17)10-14)16-8-7-12(11(2)19)9-15(16)18/h4-11H,3,19H2,1-2H3/t11-/m1/s1. The van der Waals surface area contributed by atoms with Crippen LogP contribution in [0, 0.1) is 11.6 Å². The van der Waals surface area contributed by atoms with Gasteiger partial charge in [0.15, 0.2) is 0 Å². The summed E-state index contributed by atoms with van der Waals surface area (Å²) in [6.07, 6.45) is 0. The maximum absolute atomic E-state index is 14.2. The van der Waals surface area contributed by atoms with E-state index < -0.39 is 0 Å². The molecule has 1 atom stereocenters. The Morgan fingerprint density at radius 2 is 1.90 bits per heavy atom. The Balaban J connectivity index is 2.42. The summed E-state index contributed by atoms with van der Waals surface area (Å²) in [4.78, 5) is 1.73. The van der Waals surface area contributed by atoms with Crippen molar-refractivity contribution in [1.82, 2.24) is 0 Å². The molecule has 0 aliphatic carbocycles. The minimum Gasteiger partial charge on any atom is -0.339 e. The molecule has 0 aliphatic rings. The maximum atomic E-state index is 14.2. The van der Waals surface area contributed by atoms with Crippen LogP contribution in [0.15, 0.2) is 42.5 Å². The quantitative estimate of drug-likeness (QED) is 0.909. The average Bonchev–Trinajstić information content (AvgIpc) is 2.41. The maximum Gasteiger partial charge on any atom is 0.147 e. The van der Waals surface area contributed by atoms with Gasteiger partial charge in [0.2, 0.25) is 0 Å². The summed E-state index contributed by atoms with van der Waals surface area (Å²) in [6.45, 7) is 4.24. The van der Waals surface area contributed by atoms with Crippen molar-refractivity contribution in [2.24, 2.45) is 5.73 Å². The van der Waals surface area contributed by atoms with E-state index in [9.17, 15) is 8.78 Å². The summed E-state index contributed by atoms with van der Waals surface area (Å²) < 4.78 is 27.6. The van der Waals surface area contributed by atoms with E-state index in [0.717, 1.165) is 5.56 Å². The summed E-state index contributed by atoms with van der Waals surface area (Å²) in [5, 5.41) is 0. The molecule has 0 aromatic heterocycles. The highest BCUT2D eigenvalue weighted by Crippen LogP contribution is 2.29. The fraction of sp³-hybridized carbons (Fsp3) is 0.250. The minimum atomic E-state index is -0.356. The molecule has 2 N–H and O–H groups in total. The molecule has 0 amide bonds. The van der Waals surface area contributed by atoms with Gasteiger partial charge in [-0.3, -0.25) is 0 Å². The van der Waals surface area contributed by atoms with E-state index in [1.54, 1.807) is 36.1 Å². The second-order valence-electron chi connectivity index (χ2n) is 4.72. The Labute approximate surface area is 117 Å². The summed E-state index contributed by atoms with van der Waals surface area (Å²) in [5.74, 6) is -0.695. The van der Waals surface area contributed by atoms with Crippen molar-refractivity contribution >= 4 is 11.4 Å². The number of hydrogen-bond acceptors (Lipinski definition) is 2. The summed E-state index contributed by atoms with van der Waals surface area (Å²) in [7, 11) is 0. The van der Waals surface area contributed by atoms with Crippen LogP contribution in [-0.2, 0) is 0 Å². The number of rotatable bonds is 4. The van der Waals surface area contributed by atoms with Gasteiger partial charge in [0.05, 0.1) is 5.69 Å². The smallest absolute Gasteiger partial charge is 0.147 e. The second-order valence-corrected chi connectivity index (χ2v) is 4.72. The van der Waals surface area contributed by atoms with Gasteiger partial charge in [-0.15, -0.1) is 0 Å². The van der Waals surface area contributed by atoms with Crippen molar-refractivity contribution in [2.75, 3.05) is 11.4 Å². The summed E-state index contributed by atoms with van der Waals surface area (Å²) in [6, 6.07) is 10.8. The molecule has 0 bridgehead atoms. The highest BCUT2D eigenvalue weighted by atomic mass is 19.1. The molecule has 0 radical (unpaired) electrons. The number of nitrogens with two attached hydrogens (primary N) is 1. The molecule has 4 heteroatoms. The van der Waals surface area contributed by atoms with Crippen LogP contribution < -0.4 is 10.6 Å². The molecule has 2 aromatic rings. The highest BCUT2D eigenvalue weighted by molar-refractivity contribution is 5.64. The topological polar surface area (TPSA) is 29.3 Å². The van der Waals surface area contributed by atoms with E-state index >= 15 is 0 Å². The SMILES string of the molecule is CCN(c1cccc(F)c1)c1ccc([C@@H](C)N)cc1F. The second kappa shape index (κ2) is 6.01. The first kappa shape index (κ1) is 14.5. The van der Waals surface area contributed by atoms with E-state index in [-0.39, 0.29) is 17.7 Å². The molecule has 0 unspecified atom stereocenters. The zero-order valence-electron chi connectivity index (χ0n) is 11.6. The molecule has 0 saturated heterocycles. The Morgan fingerprint density at radius 1 is 1.15 bits per heavy atom. The van der Waals surface area contributed by atoms with Crippen molar-refractivity contribution in [3.8, 4) is 0 Å². The van der Waals surface area contributed by atoms with Gasteiger partial charge in [0.1, 0.15) is 11.6 Å². The Bertz CT molecular complexity index is 597. The number of benzene rings is 2. The zero-order valence-corrected chi connectivity index (χ0v) is 11.6. The molecule has 0 spiro atoms. The number of halogens is 2. The van der Waals surface area contributed by atoms with Crippen LogP contribution in [0.25, 0.3) is 0 Å². The lowest BCUT2D eigenvalue weighted by molar-refractivity contribution is 0.618. The Hall–Kier alpha value is -1.94. The molecule has 106 valence electrons. The van der Waals surface area contributed by atoms with Gasteiger partial charge < -0.3 is 10.6 Å². The van der Waals surface area contributed by atoms with Gasteiger partial charge in [-0.2, -0.15) is 0 Å². The molecule has 2 rings (SSSR count). The summed E-state index contributed by atoms with van der Waals surface area (Å²) >= 11 is 0. The van der Waals surface area contributed by atoms with Crippen LogP contribution in [-0.4, -0.2) is 6.54 Å². The Kier molecular flexibility index (Phi) is 4.35. The van der Waals surface area contributed by atoms with Gasteiger partial charge in [0.25, 0.3) is 0 Å². The van der Waals surface area contributed by atoms with E-state index in [4.69, 9.17) is 5.73 Å². The fourth-order valence-electron chi connectivity index (χ4n) is 2.16. The van der Waals surface area contributed by atoms with Crippen LogP contribution in [0.1, 0.15) is 25.5 Å². The zero-order chi connectivity index (χ0) is 14.7.